The van der Waals surface area contributed by atoms with E-state index in [-0.39, 0.29) is 0 Å². The molecule has 1 N–H and O–H groups in total. The number of likely N-dealkylation sites (tertiary alicyclic amines) is 1. The van der Waals surface area contributed by atoms with Gasteiger partial charge in [0.2, 0.25) is 5.91 Å². The van der Waals surface area contributed by atoms with Crippen molar-refractivity contribution in [2.24, 2.45) is 5.92 Å². The molecular weight excluding hydrogens is 224 g/mol. The van der Waals surface area contributed by atoms with E-state index in [2.05, 4.69) is 10.2 Å². The van der Waals surface area contributed by atoms with Crippen LogP contribution in [0.2, 0.25) is 0 Å². The largest absolute Gasteiger partial charge is 0.341 e. The maximum Gasteiger partial charge on any atom is 0.222 e. The van der Waals surface area contributed by atoms with Gasteiger partial charge in [0.05, 0.1) is 0 Å². The molecule has 18 heavy (non-hydrogen) atoms. The van der Waals surface area contributed by atoms with Gasteiger partial charge in [-0.3, -0.25) is 4.79 Å². The van der Waals surface area contributed by atoms with Crippen molar-refractivity contribution >= 4 is 5.91 Å². The molecule has 2 aliphatic rings. The summed E-state index contributed by atoms with van der Waals surface area (Å²) in [5.74, 6) is 1.07. The summed E-state index contributed by atoms with van der Waals surface area (Å²) < 4.78 is 0. The van der Waals surface area contributed by atoms with Crippen molar-refractivity contribution in [1.29, 1.82) is 0 Å². The lowest BCUT2D eigenvalue weighted by Gasteiger charge is -2.33. The van der Waals surface area contributed by atoms with E-state index in [4.69, 9.17) is 0 Å². The van der Waals surface area contributed by atoms with Crippen LogP contribution in [0, 0.1) is 5.92 Å². The first-order chi connectivity index (χ1) is 8.79. The van der Waals surface area contributed by atoms with Gasteiger partial charge in [0.25, 0.3) is 0 Å². The van der Waals surface area contributed by atoms with E-state index in [0.29, 0.717) is 17.9 Å². The highest BCUT2D eigenvalue weighted by Crippen LogP contribution is 2.26. The number of carbonyl (C=O) groups is 1. The van der Waals surface area contributed by atoms with Crippen molar-refractivity contribution in [1.82, 2.24) is 10.2 Å². The summed E-state index contributed by atoms with van der Waals surface area (Å²) in [5.41, 5.74) is 0. The minimum Gasteiger partial charge on any atom is -0.341 e. The van der Waals surface area contributed by atoms with Gasteiger partial charge in [0, 0.05) is 25.6 Å². The Bertz CT molecular complexity index is 259. The first-order valence-electron chi connectivity index (χ1n) is 7.74. The minimum atomic E-state index is 0.404. The number of piperidine rings is 1. The van der Waals surface area contributed by atoms with Crippen LogP contribution in [0.15, 0.2) is 0 Å². The number of amides is 1. The first kappa shape index (κ1) is 13.9. The SMILES string of the molecule is CNC1CCCN(C(=O)CC2CCCCCC2)C1. The van der Waals surface area contributed by atoms with E-state index in [1.54, 1.807) is 0 Å². The molecule has 0 aromatic rings. The lowest BCUT2D eigenvalue weighted by molar-refractivity contribution is -0.133. The maximum atomic E-state index is 12.3. The number of nitrogens with one attached hydrogen (secondary N) is 1. The second-order valence-electron chi connectivity index (χ2n) is 6.03. The Morgan fingerprint density at radius 2 is 1.83 bits per heavy atom. The summed E-state index contributed by atoms with van der Waals surface area (Å²) >= 11 is 0. The molecule has 0 spiro atoms. The summed E-state index contributed by atoms with van der Waals surface area (Å²) in [6, 6.07) is 0.511. The van der Waals surface area contributed by atoms with Crippen molar-refractivity contribution in [3.05, 3.63) is 0 Å². The van der Waals surface area contributed by atoms with Crippen LogP contribution in [-0.2, 0) is 4.79 Å². The third-order valence-electron chi connectivity index (χ3n) is 4.62. The predicted molar refractivity (Wildman–Crippen MR) is 74.5 cm³/mol. The zero-order valence-corrected chi connectivity index (χ0v) is 11.8. The summed E-state index contributed by atoms with van der Waals surface area (Å²) in [7, 11) is 2.00. The molecule has 0 bridgehead atoms. The molecular formula is C15H28N2O. The monoisotopic (exact) mass is 252 g/mol. The summed E-state index contributed by atoms with van der Waals surface area (Å²) in [5, 5.41) is 3.31. The summed E-state index contributed by atoms with van der Waals surface area (Å²) in [6.45, 7) is 1.89. The van der Waals surface area contributed by atoms with Crippen LogP contribution in [0.25, 0.3) is 0 Å². The molecule has 3 heteroatoms. The quantitative estimate of drug-likeness (QED) is 0.783. The molecule has 1 unspecified atom stereocenters. The lowest BCUT2D eigenvalue weighted by atomic mass is 9.95. The van der Waals surface area contributed by atoms with Gasteiger partial charge in [-0.15, -0.1) is 0 Å². The second kappa shape index (κ2) is 7.13. The molecule has 104 valence electrons. The second-order valence-corrected chi connectivity index (χ2v) is 6.03. The van der Waals surface area contributed by atoms with Gasteiger partial charge in [-0.2, -0.15) is 0 Å². The maximum absolute atomic E-state index is 12.3. The molecule has 1 aliphatic heterocycles. The van der Waals surface area contributed by atoms with Crippen molar-refractivity contribution in [2.45, 2.75) is 63.8 Å². The van der Waals surface area contributed by atoms with Gasteiger partial charge in [-0.1, -0.05) is 25.7 Å². The summed E-state index contributed by atoms with van der Waals surface area (Å²) in [4.78, 5) is 14.4. The lowest BCUT2D eigenvalue weighted by Crippen LogP contribution is -2.47. The molecule has 1 saturated heterocycles. The third kappa shape index (κ3) is 3.98. The minimum absolute atomic E-state index is 0.404. The van der Waals surface area contributed by atoms with Crippen LogP contribution in [0.3, 0.4) is 0 Å². The Balaban J connectivity index is 1.79. The standard InChI is InChI=1S/C15H28N2O/c1-16-14-9-6-10-17(12-14)15(18)11-13-7-4-2-3-5-8-13/h13-14,16H,2-12H2,1H3. The highest BCUT2D eigenvalue weighted by molar-refractivity contribution is 5.76. The van der Waals surface area contributed by atoms with Gasteiger partial charge in [-0.05, 0) is 38.6 Å². The third-order valence-corrected chi connectivity index (χ3v) is 4.62. The molecule has 0 radical (unpaired) electrons. The number of hydrogen-bond donors (Lipinski definition) is 1. The molecule has 1 amide bonds. The van der Waals surface area contributed by atoms with Crippen LogP contribution < -0.4 is 5.32 Å². The van der Waals surface area contributed by atoms with Crippen molar-refractivity contribution in [3.63, 3.8) is 0 Å². The molecule has 1 aliphatic carbocycles. The average Bonchev–Trinajstić information content (AvgIpc) is 2.67. The normalized spacial score (nSPS) is 26.9. The Labute approximate surface area is 111 Å². The molecule has 2 fully saturated rings. The average molecular weight is 252 g/mol. The fourth-order valence-corrected chi connectivity index (χ4v) is 3.38. The number of hydrogen-bond acceptors (Lipinski definition) is 2. The smallest absolute Gasteiger partial charge is 0.222 e. The Hall–Kier alpha value is -0.570. The molecule has 3 nitrogen and oxygen atoms in total. The van der Waals surface area contributed by atoms with E-state index < -0.39 is 0 Å². The van der Waals surface area contributed by atoms with E-state index in [9.17, 15) is 4.79 Å². The topological polar surface area (TPSA) is 32.3 Å². The highest BCUT2D eigenvalue weighted by atomic mass is 16.2. The highest BCUT2D eigenvalue weighted by Gasteiger charge is 2.24. The number of nitrogens with zero attached hydrogens (tertiary/aromatic N) is 1. The predicted octanol–water partition coefficient (Wildman–Crippen LogP) is 2.56. The van der Waals surface area contributed by atoms with Gasteiger partial charge in [0.1, 0.15) is 0 Å². The fraction of sp³-hybridized carbons (Fsp3) is 0.933. The zero-order valence-electron chi connectivity index (χ0n) is 11.8. The Morgan fingerprint density at radius 3 is 2.50 bits per heavy atom. The Kier molecular flexibility index (Phi) is 5.48. The fourth-order valence-electron chi connectivity index (χ4n) is 3.38. The molecule has 2 rings (SSSR count). The van der Waals surface area contributed by atoms with Crippen molar-refractivity contribution in [3.8, 4) is 0 Å². The van der Waals surface area contributed by atoms with Gasteiger partial charge < -0.3 is 10.2 Å². The number of likely N-dealkylation sites (N-methyl/N-ethyl adjacent to an activating group) is 1. The van der Waals surface area contributed by atoms with E-state index in [1.165, 1.54) is 44.9 Å². The van der Waals surface area contributed by atoms with Crippen LogP contribution in [0.1, 0.15) is 57.8 Å². The van der Waals surface area contributed by atoms with Crippen LogP contribution in [0.5, 0.6) is 0 Å². The van der Waals surface area contributed by atoms with E-state index in [1.807, 2.05) is 7.05 Å². The van der Waals surface area contributed by atoms with E-state index in [0.717, 1.165) is 25.9 Å². The molecule has 1 atom stereocenters. The number of rotatable bonds is 3. The molecule has 1 heterocycles. The van der Waals surface area contributed by atoms with Crippen molar-refractivity contribution < 1.29 is 4.79 Å². The zero-order chi connectivity index (χ0) is 12.8. The van der Waals surface area contributed by atoms with Crippen LogP contribution in [0.4, 0.5) is 0 Å². The molecule has 0 aromatic heterocycles. The Morgan fingerprint density at radius 1 is 1.11 bits per heavy atom. The summed E-state index contributed by atoms with van der Waals surface area (Å²) in [6.07, 6.45) is 11.1. The first-order valence-corrected chi connectivity index (χ1v) is 7.74. The number of carbonyl (C=O) groups excluding carboxylic acids is 1. The van der Waals surface area contributed by atoms with Gasteiger partial charge >= 0.3 is 0 Å². The van der Waals surface area contributed by atoms with Crippen LogP contribution in [-0.4, -0.2) is 37.0 Å². The van der Waals surface area contributed by atoms with Gasteiger partial charge in [-0.25, -0.2) is 0 Å². The molecule has 1 saturated carbocycles. The van der Waals surface area contributed by atoms with Gasteiger partial charge in [0.15, 0.2) is 0 Å². The van der Waals surface area contributed by atoms with Crippen molar-refractivity contribution in [2.75, 3.05) is 20.1 Å². The van der Waals surface area contributed by atoms with Crippen LogP contribution >= 0.6 is 0 Å². The molecule has 0 aromatic carbocycles. The van der Waals surface area contributed by atoms with E-state index >= 15 is 0 Å².